The molecule has 3 heteroatoms. The quantitative estimate of drug-likeness (QED) is 0.498. The second kappa shape index (κ2) is 10.5. The van der Waals surface area contributed by atoms with E-state index in [0.717, 1.165) is 22.5 Å². The van der Waals surface area contributed by atoms with Gasteiger partial charge >= 0.3 is 8.68 Å². The number of pyridine rings is 1. The number of nitrogens with zero attached hydrogens (tertiary/aromatic N) is 1. The van der Waals surface area contributed by atoms with E-state index in [2.05, 4.69) is 49.7 Å². The molecule has 0 saturated heterocycles. The van der Waals surface area contributed by atoms with Crippen molar-refractivity contribution in [3.8, 4) is 11.8 Å². The van der Waals surface area contributed by atoms with Crippen LogP contribution in [0.1, 0.15) is 39.0 Å². The molecule has 3 aromatic rings. The maximum Gasteiger partial charge on any atom is 0.346 e. The van der Waals surface area contributed by atoms with Crippen LogP contribution in [0, 0.1) is 17.3 Å². The maximum absolute atomic E-state index is 12.0. The van der Waals surface area contributed by atoms with Gasteiger partial charge in [0.15, 0.2) is 0 Å². The largest absolute Gasteiger partial charge is 0.376 e. The average molecular weight is 386 g/mol. The van der Waals surface area contributed by atoms with Crippen LogP contribution in [0.4, 0.5) is 0 Å². The Morgan fingerprint density at radius 3 is 1.89 bits per heavy atom. The highest BCUT2D eigenvalue weighted by atomic mass is 28.3. The topological polar surface area (TPSA) is 30.0 Å². The van der Waals surface area contributed by atoms with Crippen molar-refractivity contribution in [2.24, 2.45) is 5.41 Å². The molecule has 0 bridgehead atoms. The molecule has 1 heterocycles. The Labute approximate surface area is 170 Å². The Morgan fingerprint density at radius 1 is 0.893 bits per heavy atom. The van der Waals surface area contributed by atoms with Gasteiger partial charge in [0.05, 0.1) is 0 Å². The van der Waals surface area contributed by atoms with E-state index < -0.39 is 8.68 Å². The Hall–Kier alpha value is -2.83. The molecule has 0 saturated carbocycles. The van der Waals surface area contributed by atoms with Gasteiger partial charge in [-0.3, -0.25) is 0 Å². The van der Waals surface area contributed by atoms with Crippen LogP contribution in [0.3, 0.4) is 0 Å². The minimum Gasteiger partial charge on any atom is -0.376 e. The fraction of sp³-hybridized carbons (Fsp3) is 0.240. The van der Waals surface area contributed by atoms with E-state index in [1.54, 1.807) is 0 Å². The van der Waals surface area contributed by atoms with Crippen molar-refractivity contribution >= 4 is 19.1 Å². The van der Waals surface area contributed by atoms with E-state index in [9.17, 15) is 4.46 Å². The number of aromatic nitrogens is 1. The lowest BCUT2D eigenvalue weighted by molar-refractivity contribution is 0.411. The molecule has 0 N–H and O–H groups in total. The van der Waals surface area contributed by atoms with Crippen LogP contribution in [-0.4, -0.2) is 13.7 Å². The molecule has 0 amide bonds. The van der Waals surface area contributed by atoms with Crippen molar-refractivity contribution < 1.29 is 4.46 Å². The van der Waals surface area contributed by atoms with E-state index >= 15 is 0 Å². The fourth-order valence-electron chi connectivity index (χ4n) is 2.74. The zero-order valence-electron chi connectivity index (χ0n) is 17.1. The summed E-state index contributed by atoms with van der Waals surface area (Å²) in [5.74, 6) is 5.83. The van der Waals surface area contributed by atoms with Gasteiger partial charge in [0.1, 0.15) is 5.69 Å². The van der Waals surface area contributed by atoms with Crippen LogP contribution in [0.2, 0.25) is 0 Å². The van der Waals surface area contributed by atoms with E-state index in [4.69, 9.17) is 0 Å². The lowest BCUT2D eigenvalue weighted by atomic mass is 9.88. The Morgan fingerprint density at radius 2 is 1.43 bits per heavy atom. The second-order valence-corrected chi connectivity index (χ2v) is 9.54. The summed E-state index contributed by atoms with van der Waals surface area (Å²) in [6, 6.07) is 23.3. The monoisotopic (exact) mass is 385 g/mol. The zero-order chi connectivity index (χ0) is 20.4. The highest BCUT2D eigenvalue weighted by molar-refractivity contribution is 6.72. The molecular weight excluding hydrogens is 358 g/mol. The molecule has 3 rings (SSSR count). The maximum atomic E-state index is 12.0. The standard InChI is InChI=1S/C13H17N.C12H10OSi/c1-5-6-12-9-11(7-8-14-12)10-13(2,3)4;13-14(11-7-3-1-4-8-11)12-9-5-2-6-10-12/h7-9H,10H2,1-4H3;1-10H. The van der Waals surface area contributed by atoms with Crippen molar-refractivity contribution in [1.82, 2.24) is 4.98 Å². The normalized spacial score (nSPS) is 10.1. The number of rotatable bonds is 3. The molecule has 0 fully saturated rings. The van der Waals surface area contributed by atoms with E-state index in [1.165, 1.54) is 5.56 Å². The fourth-order valence-corrected chi connectivity index (χ4v) is 4.06. The molecule has 0 aliphatic rings. The van der Waals surface area contributed by atoms with Crippen LogP contribution < -0.4 is 10.4 Å². The van der Waals surface area contributed by atoms with E-state index in [1.807, 2.05) is 73.8 Å². The first-order valence-corrected chi connectivity index (χ1v) is 10.8. The summed E-state index contributed by atoms with van der Waals surface area (Å²) < 4.78 is 12.0. The van der Waals surface area contributed by atoms with Gasteiger partial charge in [-0.05, 0) is 42.4 Å². The van der Waals surface area contributed by atoms with Crippen molar-refractivity contribution in [1.29, 1.82) is 0 Å². The summed E-state index contributed by atoms with van der Waals surface area (Å²) in [6.45, 7) is 8.54. The van der Waals surface area contributed by atoms with Gasteiger partial charge in [-0.15, -0.1) is 0 Å². The molecule has 2 nitrogen and oxygen atoms in total. The summed E-state index contributed by atoms with van der Waals surface area (Å²) in [5, 5.41) is 1.84. The lowest BCUT2D eigenvalue weighted by Gasteiger charge is -2.17. The second-order valence-electron chi connectivity index (χ2n) is 7.72. The average Bonchev–Trinajstić information content (AvgIpc) is 2.68. The van der Waals surface area contributed by atoms with Crippen LogP contribution in [0.5, 0.6) is 0 Å². The summed E-state index contributed by atoms with van der Waals surface area (Å²) in [5.41, 5.74) is 2.50. The van der Waals surface area contributed by atoms with Gasteiger partial charge < -0.3 is 4.46 Å². The summed E-state index contributed by atoms with van der Waals surface area (Å²) in [6.07, 6.45) is 2.90. The SMILES string of the molecule is CC#Cc1cc(CC(C)(C)C)ccn1.O=[Si](c1ccccc1)c1ccccc1. The summed E-state index contributed by atoms with van der Waals surface area (Å²) in [7, 11) is -1.79. The van der Waals surface area contributed by atoms with Crippen LogP contribution in [0.25, 0.3) is 0 Å². The van der Waals surface area contributed by atoms with Crippen molar-refractivity contribution in [2.45, 2.75) is 34.1 Å². The van der Waals surface area contributed by atoms with Gasteiger partial charge in [0.2, 0.25) is 0 Å². The third kappa shape index (κ3) is 7.42. The van der Waals surface area contributed by atoms with Crippen LogP contribution in [-0.2, 0) is 10.9 Å². The first-order chi connectivity index (χ1) is 13.4. The molecule has 0 spiro atoms. The van der Waals surface area contributed by atoms with E-state index in [-0.39, 0.29) is 0 Å². The van der Waals surface area contributed by atoms with Crippen LogP contribution >= 0.6 is 0 Å². The molecule has 0 aliphatic heterocycles. The van der Waals surface area contributed by atoms with Gasteiger partial charge in [0.25, 0.3) is 0 Å². The minimum atomic E-state index is -1.79. The van der Waals surface area contributed by atoms with Crippen molar-refractivity contribution in [3.63, 3.8) is 0 Å². The lowest BCUT2D eigenvalue weighted by Crippen LogP contribution is -2.33. The first-order valence-electron chi connectivity index (χ1n) is 9.41. The minimum absolute atomic E-state index is 0.318. The molecule has 2 aromatic carbocycles. The number of benzene rings is 2. The number of hydrogen-bond acceptors (Lipinski definition) is 2. The number of hydrogen-bond donors (Lipinski definition) is 0. The molecule has 1 aromatic heterocycles. The zero-order valence-corrected chi connectivity index (χ0v) is 18.1. The highest BCUT2D eigenvalue weighted by Crippen LogP contribution is 2.20. The molecule has 0 atom stereocenters. The predicted octanol–water partition coefficient (Wildman–Crippen LogP) is 4.26. The summed E-state index contributed by atoms with van der Waals surface area (Å²) in [4.78, 5) is 4.19. The highest BCUT2D eigenvalue weighted by Gasteiger charge is 2.11. The van der Waals surface area contributed by atoms with Crippen LogP contribution in [0.15, 0.2) is 79.0 Å². The third-order valence-corrected chi connectivity index (χ3v) is 5.60. The van der Waals surface area contributed by atoms with Gasteiger partial charge in [-0.2, -0.15) is 0 Å². The van der Waals surface area contributed by atoms with Crippen molar-refractivity contribution in [2.75, 3.05) is 0 Å². The molecule has 0 aliphatic carbocycles. The molecule has 28 heavy (non-hydrogen) atoms. The van der Waals surface area contributed by atoms with Gasteiger partial charge in [-0.1, -0.05) is 87.4 Å². The molecule has 0 radical (unpaired) electrons. The Kier molecular flexibility index (Phi) is 8.04. The third-order valence-electron chi connectivity index (χ3n) is 3.88. The van der Waals surface area contributed by atoms with Crippen molar-refractivity contribution in [3.05, 3.63) is 90.3 Å². The molecule has 142 valence electrons. The van der Waals surface area contributed by atoms with Gasteiger partial charge in [-0.25, -0.2) is 4.98 Å². The Balaban J connectivity index is 0.000000200. The smallest absolute Gasteiger partial charge is 0.346 e. The molecular formula is C25H27NOSi. The first kappa shape index (κ1) is 21.5. The predicted molar refractivity (Wildman–Crippen MR) is 119 cm³/mol. The molecule has 0 unspecified atom stereocenters. The summed E-state index contributed by atoms with van der Waals surface area (Å²) >= 11 is 0. The van der Waals surface area contributed by atoms with E-state index in [0.29, 0.717) is 5.41 Å². The Bertz CT molecular complexity index is 907. The van der Waals surface area contributed by atoms with Gasteiger partial charge in [0, 0.05) is 16.6 Å².